The molecule has 0 radical (unpaired) electrons. The monoisotopic (exact) mass is 262 g/mol. The molecule has 0 amide bonds. The minimum Gasteiger partial charge on any atom is -0.501 e. The maximum Gasteiger partial charge on any atom is 0.0958 e. The van der Waals surface area contributed by atoms with Crippen LogP contribution in [0, 0.1) is 5.92 Å². The summed E-state index contributed by atoms with van der Waals surface area (Å²) in [6.07, 6.45) is 14.5. The average molecular weight is 262 g/mol. The third-order valence-corrected chi connectivity index (χ3v) is 4.20. The average Bonchev–Trinajstić information content (AvgIpc) is 2.43. The van der Waals surface area contributed by atoms with Gasteiger partial charge in [0.15, 0.2) is 0 Å². The summed E-state index contributed by atoms with van der Waals surface area (Å²) in [4.78, 5) is 0. The molecular weight excluding hydrogens is 232 g/mol. The van der Waals surface area contributed by atoms with Gasteiger partial charge in [0.2, 0.25) is 0 Å². The summed E-state index contributed by atoms with van der Waals surface area (Å²) in [6.45, 7) is 8.52. The molecule has 0 saturated heterocycles. The lowest BCUT2D eigenvalue weighted by Gasteiger charge is -2.15. The van der Waals surface area contributed by atoms with Gasteiger partial charge in [0, 0.05) is 6.42 Å². The number of hydrogen-bond acceptors (Lipinski definition) is 1. The van der Waals surface area contributed by atoms with Gasteiger partial charge in [-0.2, -0.15) is 0 Å². The molecule has 0 aromatic heterocycles. The number of rotatable bonds is 9. The van der Waals surface area contributed by atoms with E-state index in [1.54, 1.807) is 12.7 Å². The molecule has 0 fully saturated rings. The van der Waals surface area contributed by atoms with E-state index in [9.17, 15) is 0 Å². The van der Waals surface area contributed by atoms with Crippen LogP contribution in [0.2, 0.25) is 0 Å². The van der Waals surface area contributed by atoms with E-state index in [2.05, 4.69) is 32.6 Å². The minimum absolute atomic E-state index is 0.737. The summed E-state index contributed by atoms with van der Waals surface area (Å²) >= 11 is 0. The van der Waals surface area contributed by atoms with Crippen LogP contribution in [0.4, 0.5) is 0 Å². The number of methoxy groups -OCH3 is 1. The predicted molar refractivity (Wildman–Crippen MR) is 84.1 cm³/mol. The Bertz CT molecular complexity index is 336. The van der Waals surface area contributed by atoms with Crippen LogP contribution >= 0.6 is 0 Å². The fourth-order valence-electron chi connectivity index (χ4n) is 2.76. The molecule has 0 N–H and O–H groups in total. The van der Waals surface area contributed by atoms with Crippen molar-refractivity contribution >= 4 is 0 Å². The first-order valence-electron chi connectivity index (χ1n) is 7.75. The normalized spacial score (nSPS) is 16.6. The van der Waals surface area contributed by atoms with Crippen LogP contribution in [0.5, 0.6) is 0 Å². The Morgan fingerprint density at radius 1 is 1.26 bits per heavy atom. The van der Waals surface area contributed by atoms with E-state index in [1.807, 2.05) is 0 Å². The molecule has 1 unspecified atom stereocenters. The molecule has 1 rings (SSSR count). The van der Waals surface area contributed by atoms with Gasteiger partial charge in [0.1, 0.15) is 0 Å². The van der Waals surface area contributed by atoms with Crippen LogP contribution in [-0.2, 0) is 4.74 Å². The molecule has 108 valence electrons. The third-order valence-electron chi connectivity index (χ3n) is 4.20. The summed E-state index contributed by atoms with van der Waals surface area (Å²) in [5.74, 6) is 1.86. The summed E-state index contributed by atoms with van der Waals surface area (Å²) in [6, 6.07) is 0. The summed E-state index contributed by atoms with van der Waals surface area (Å²) in [7, 11) is 1.76. The Kier molecular flexibility index (Phi) is 7.62. The first-order chi connectivity index (χ1) is 9.17. The number of ether oxygens (including phenoxy) is 1. The largest absolute Gasteiger partial charge is 0.501 e. The molecule has 0 spiro atoms. The summed E-state index contributed by atoms with van der Waals surface area (Å²) in [5, 5.41) is 0. The van der Waals surface area contributed by atoms with Crippen molar-refractivity contribution in [2.75, 3.05) is 7.11 Å². The van der Waals surface area contributed by atoms with Gasteiger partial charge in [0.25, 0.3) is 0 Å². The first kappa shape index (κ1) is 16.1. The van der Waals surface area contributed by atoms with Gasteiger partial charge < -0.3 is 4.74 Å². The quantitative estimate of drug-likeness (QED) is 0.377. The van der Waals surface area contributed by atoms with Crippen LogP contribution in [-0.4, -0.2) is 7.11 Å². The second-order valence-corrected chi connectivity index (χ2v) is 5.71. The second kappa shape index (κ2) is 9.01. The highest BCUT2D eigenvalue weighted by molar-refractivity contribution is 5.20. The van der Waals surface area contributed by atoms with Gasteiger partial charge in [-0.3, -0.25) is 0 Å². The molecule has 0 bridgehead atoms. The Labute approximate surface area is 119 Å². The van der Waals surface area contributed by atoms with E-state index in [0.717, 1.165) is 18.1 Å². The van der Waals surface area contributed by atoms with Gasteiger partial charge in [-0.15, -0.1) is 0 Å². The first-order valence-corrected chi connectivity index (χ1v) is 7.75. The topological polar surface area (TPSA) is 9.23 Å². The lowest BCUT2D eigenvalue weighted by molar-refractivity contribution is 0.275. The van der Waals surface area contributed by atoms with E-state index in [0.29, 0.717) is 0 Å². The van der Waals surface area contributed by atoms with Gasteiger partial charge in [-0.1, -0.05) is 43.6 Å². The smallest absolute Gasteiger partial charge is 0.0958 e. The van der Waals surface area contributed by atoms with E-state index in [4.69, 9.17) is 4.74 Å². The van der Waals surface area contributed by atoms with Crippen molar-refractivity contribution in [1.29, 1.82) is 0 Å². The van der Waals surface area contributed by atoms with Crippen molar-refractivity contribution < 1.29 is 4.74 Å². The van der Waals surface area contributed by atoms with Crippen LogP contribution in [0.1, 0.15) is 65.2 Å². The van der Waals surface area contributed by atoms with Crippen molar-refractivity contribution in [2.45, 2.75) is 65.2 Å². The lowest BCUT2D eigenvalue weighted by atomic mass is 9.91. The molecule has 0 aromatic carbocycles. The Hall–Kier alpha value is -0.980. The van der Waals surface area contributed by atoms with Crippen molar-refractivity contribution in [3.63, 3.8) is 0 Å². The molecule has 0 saturated carbocycles. The SMILES string of the molecule is C=C(C)C(CC)CCCCCC1=CC=C(OC)CC1. The second-order valence-electron chi connectivity index (χ2n) is 5.71. The highest BCUT2D eigenvalue weighted by Crippen LogP contribution is 2.24. The number of hydrogen-bond donors (Lipinski definition) is 0. The molecule has 0 aliphatic heterocycles. The molecule has 1 atom stereocenters. The zero-order chi connectivity index (χ0) is 14.1. The molecular formula is C18H30O. The summed E-state index contributed by atoms with van der Waals surface area (Å²) in [5.41, 5.74) is 2.95. The van der Waals surface area contributed by atoms with E-state index in [1.165, 1.54) is 50.5 Å². The highest BCUT2D eigenvalue weighted by atomic mass is 16.5. The molecule has 19 heavy (non-hydrogen) atoms. The van der Waals surface area contributed by atoms with Gasteiger partial charge >= 0.3 is 0 Å². The van der Waals surface area contributed by atoms with Gasteiger partial charge in [0.05, 0.1) is 12.9 Å². The minimum atomic E-state index is 0.737. The third kappa shape index (κ3) is 6.13. The van der Waals surface area contributed by atoms with E-state index >= 15 is 0 Å². The highest BCUT2D eigenvalue weighted by Gasteiger charge is 2.08. The number of unbranched alkanes of at least 4 members (excludes halogenated alkanes) is 2. The summed E-state index contributed by atoms with van der Waals surface area (Å²) < 4.78 is 5.25. The van der Waals surface area contributed by atoms with Crippen molar-refractivity contribution in [2.24, 2.45) is 5.92 Å². The molecule has 0 heterocycles. The zero-order valence-corrected chi connectivity index (χ0v) is 13.0. The van der Waals surface area contributed by atoms with E-state index in [-0.39, 0.29) is 0 Å². The fourth-order valence-corrected chi connectivity index (χ4v) is 2.76. The maximum atomic E-state index is 5.25. The standard InChI is InChI=1S/C18H30O/c1-5-17(15(2)3)10-8-6-7-9-16-11-13-18(19-4)14-12-16/h11,13,17H,2,5-10,12,14H2,1,3-4H3. The van der Waals surface area contributed by atoms with E-state index < -0.39 is 0 Å². The zero-order valence-electron chi connectivity index (χ0n) is 13.0. The number of allylic oxidation sites excluding steroid dienone is 5. The molecule has 1 aliphatic rings. The van der Waals surface area contributed by atoms with Crippen LogP contribution in [0.15, 0.2) is 35.6 Å². The lowest BCUT2D eigenvalue weighted by Crippen LogP contribution is -1.99. The molecule has 1 heteroatoms. The van der Waals surface area contributed by atoms with Gasteiger partial charge in [-0.05, 0) is 51.0 Å². The van der Waals surface area contributed by atoms with Crippen molar-refractivity contribution in [1.82, 2.24) is 0 Å². The Morgan fingerprint density at radius 2 is 2.05 bits per heavy atom. The molecule has 1 nitrogen and oxygen atoms in total. The van der Waals surface area contributed by atoms with Crippen molar-refractivity contribution in [3.05, 3.63) is 35.6 Å². The van der Waals surface area contributed by atoms with Crippen molar-refractivity contribution in [3.8, 4) is 0 Å². The van der Waals surface area contributed by atoms with Gasteiger partial charge in [-0.25, -0.2) is 0 Å². The van der Waals surface area contributed by atoms with Crippen LogP contribution in [0.25, 0.3) is 0 Å². The Morgan fingerprint density at radius 3 is 2.58 bits per heavy atom. The van der Waals surface area contributed by atoms with Crippen LogP contribution < -0.4 is 0 Å². The maximum absolute atomic E-state index is 5.25. The fraction of sp³-hybridized carbons (Fsp3) is 0.667. The predicted octanol–water partition coefficient (Wildman–Crippen LogP) is 5.79. The van der Waals surface area contributed by atoms with Crippen LogP contribution in [0.3, 0.4) is 0 Å². The molecule has 1 aliphatic carbocycles. The molecule has 0 aromatic rings. The Balaban J connectivity index is 2.13.